The van der Waals surface area contributed by atoms with E-state index < -0.39 is 0 Å². The molecule has 1 nitrogen and oxygen atoms in total. The number of rotatable bonds is 4. The molecule has 1 saturated carbocycles. The summed E-state index contributed by atoms with van der Waals surface area (Å²) in [5.41, 5.74) is 5.76. The standard InChI is InChI=1S/C26H33N/c1-4-19-26(2,3)22-15-17-23(18-16-22)27-24-11-7-5-9-20(24)13-14-21-10-6-8-12-25(21)27/h5,7,9,11,13-18,21,25H,4,6,8,10,12,19H2,1-3H3. The van der Waals surface area contributed by atoms with Gasteiger partial charge in [-0.15, -0.1) is 0 Å². The molecular weight excluding hydrogens is 326 g/mol. The van der Waals surface area contributed by atoms with Crippen LogP contribution in [0.25, 0.3) is 6.08 Å². The van der Waals surface area contributed by atoms with Crippen LogP contribution < -0.4 is 4.90 Å². The van der Waals surface area contributed by atoms with Gasteiger partial charge >= 0.3 is 0 Å². The molecule has 0 spiro atoms. The van der Waals surface area contributed by atoms with Gasteiger partial charge in [-0.2, -0.15) is 0 Å². The van der Waals surface area contributed by atoms with Gasteiger partial charge < -0.3 is 4.90 Å². The van der Waals surface area contributed by atoms with Crippen molar-refractivity contribution in [3.8, 4) is 0 Å². The molecule has 142 valence electrons. The van der Waals surface area contributed by atoms with Gasteiger partial charge in [-0.05, 0) is 59.9 Å². The Morgan fingerprint density at radius 3 is 2.48 bits per heavy atom. The van der Waals surface area contributed by atoms with Crippen LogP contribution >= 0.6 is 0 Å². The summed E-state index contributed by atoms with van der Waals surface area (Å²) >= 11 is 0. The molecule has 0 bridgehead atoms. The number of hydrogen-bond donors (Lipinski definition) is 0. The van der Waals surface area contributed by atoms with Gasteiger partial charge in [-0.3, -0.25) is 0 Å². The van der Waals surface area contributed by atoms with Gasteiger partial charge in [-0.25, -0.2) is 0 Å². The topological polar surface area (TPSA) is 3.24 Å². The third-order valence-electron chi connectivity index (χ3n) is 6.63. The van der Waals surface area contributed by atoms with Gasteiger partial charge in [0.25, 0.3) is 0 Å². The summed E-state index contributed by atoms with van der Waals surface area (Å²) in [5, 5.41) is 0. The highest BCUT2D eigenvalue weighted by Gasteiger charge is 2.32. The molecule has 0 aromatic heterocycles. The first-order chi connectivity index (χ1) is 13.1. The SMILES string of the molecule is CCCC(C)(C)c1ccc(N2c3ccccc3C=CC3CCCCC32)cc1. The molecule has 2 aromatic rings. The van der Waals surface area contributed by atoms with Gasteiger partial charge in [0, 0.05) is 17.4 Å². The van der Waals surface area contributed by atoms with E-state index >= 15 is 0 Å². The Morgan fingerprint density at radius 2 is 1.70 bits per heavy atom. The quantitative estimate of drug-likeness (QED) is 0.546. The molecule has 2 atom stereocenters. The van der Waals surface area contributed by atoms with Crippen LogP contribution in [0.2, 0.25) is 0 Å². The minimum Gasteiger partial charge on any atom is -0.337 e. The van der Waals surface area contributed by atoms with Crippen LogP contribution in [-0.4, -0.2) is 6.04 Å². The predicted molar refractivity (Wildman–Crippen MR) is 118 cm³/mol. The highest BCUT2D eigenvalue weighted by Crippen LogP contribution is 2.42. The summed E-state index contributed by atoms with van der Waals surface area (Å²) in [7, 11) is 0. The number of fused-ring (bicyclic) bond motifs is 2. The molecule has 0 radical (unpaired) electrons. The fourth-order valence-electron chi connectivity index (χ4n) is 5.11. The van der Waals surface area contributed by atoms with Crippen LogP contribution in [0.3, 0.4) is 0 Å². The van der Waals surface area contributed by atoms with Crippen molar-refractivity contribution in [3.63, 3.8) is 0 Å². The monoisotopic (exact) mass is 359 g/mol. The molecule has 4 rings (SSSR count). The molecule has 2 aromatic carbocycles. The average molecular weight is 360 g/mol. The second kappa shape index (κ2) is 7.54. The molecule has 0 N–H and O–H groups in total. The Labute approximate surface area is 165 Å². The van der Waals surface area contributed by atoms with E-state index in [2.05, 4.69) is 86.4 Å². The lowest BCUT2D eigenvalue weighted by molar-refractivity contribution is 0.360. The molecule has 0 amide bonds. The molecular formula is C26H33N. The van der Waals surface area contributed by atoms with E-state index in [0.29, 0.717) is 12.0 Å². The van der Waals surface area contributed by atoms with Crippen molar-refractivity contribution in [2.45, 2.75) is 70.8 Å². The van der Waals surface area contributed by atoms with Gasteiger partial charge in [0.2, 0.25) is 0 Å². The van der Waals surface area contributed by atoms with Gasteiger partial charge in [-0.1, -0.05) is 82.5 Å². The van der Waals surface area contributed by atoms with E-state index in [9.17, 15) is 0 Å². The van der Waals surface area contributed by atoms with Crippen molar-refractivity contribution in [2.75, 3.05) is 4.90 Å². The summed E-state index contributed by atoms with van der Waals surface area (Å²) in [4.78, 5) is 2.63. The fraction of sp³-hybridized carbons (Fsp3) is 0.462. The zero-order valence-corrected chi connectivity index (χ0v) is 17.1. The molecule has 1 aliphatic carbocycles. The minimum atomic E-state index is 0.249. The van der Waals surface area contributed by atoms with Crippen LogP contribution in [0.5, 0.6) is 0 Å². The van der Waals surface area contributed by atoms with E-state index in [1.165, 1.54) is 61.0 Å². The lowest BCUT2D eigenvalue weighted by atomic mass is 9.80. The van der Waals surface area contributed by atoms with Crippen molar-refractivity contribution in [1.82, 2.24) is 0 Å². The van der Waals surface area contributed by atoms with Crippen LogP contribution in [0.4, 0.5) is 11.4 Å². The zero-order chi connectivity index (χ0) is 18.9. The smallest absolute Gasteiger partial charge is 0.0487 e. The first kappa shape index (κ1) is 18.3. The Hall–Kier alpha value is -2.02. The van der Waals surface area contributed by atoms with Crippen LogP contribution in [0.15, 0.2) is 54.6 Å². The zero-order valence-electron chi connectivity index (χ0n) is 17.1. The molecule has 1 aliphatic heterocycles. The van der Waals surface area contributed by atoms with Crippen molar-refractivity contribution >= 4 is 17.5 Å². The van der Waals surface area contributed by atoms with Gasteiger partial charge in [0.05, 0.1) is 0 Å². The number of para-hydroxylation sites is 1. The lowest BCUT2D eigenvalue weighted by Gasteiger charge is -2.40. The molecule has 1 heteroatoms. The van der Waals surface area contributed by atoms with Crippen molar-refractivity contribution < 1.29 is 0 Å². The van der Waals surface area contributed by atoms with E-state index in [1.54, 1.807) is 0 Å². The molecule has 2 aliphatic rings. The number of anilines is 2. The second-order valence-electron chi connectivity index (χ2n) is 8.98. The molecule has 2 unspecified atom stereocenters. The third kappa shape index (κ3) is 3.57. The Balaban J connectivity index is 1.74. The lowest BCUT2D eigenvalue weighted by Crippen LogP contribution is -2.38. The van der Waals surface area contributed by atoms with Crippen molar-refractivity contribution in [3.05, 3.63) is 65.7 Å². The first-order valence-corrected chi connectivity index (χ1v) is 10.8. The average Bonchev–Trinajstić information content (AvgIpc) is 2.85. The highest BCUT2D eigenvalue weighted by atomic mass is 15.2. The number of benzene rings is 2. The maximum Gasteiger partial charge on any atom is 0.0487 e. The molecule has 1 fully saturated rings. The molecule has 1 heterocycles. The Kier molecular flexibility index (Phi) is 5.12. The fourth-order valence-corrected chi connectivity index (χ4v) is 5.11. The van der Waals surface area contributed by atoms with Crippen LogP contribution in [-0.2, 0) is 5.41 Å². The minimum absolute atomic E-state index is 0.249. The van der Waals surface area contributed by atoms with E-state index in [0.717, 1.165) is 0 Å². The summed E-state index contributed by atoms with van der Waals surface area (Å²) in [6.07, 6.45) is 12.6. The summed E-state index contributed by atoms with van der Waals surface area (Å²) in [6, 6.07) is 18.9. The second-order valence-corrected chi connectivity index (χ2v) is 8.98. The van der Waals surface area contributed by atoms with Crippen LogP contribution in [0, 0.1) is 5.92 Å². The Bertz CT molecular complexity index is 799. The predicted octanol–water partition coefficient (Wildman–Crippen LogP) is 7.49. The Morgan fingerprint density at radius 1 is 0.963 bits per heavy atom. The normalized spacial score (nSPS) is 22.1. The van der Waals surface area contributed by atoms with Crippen molar-refractivity contribution in [2.24, 2.45) is 5.92 Å². The maximum absolute atomic E-state index is 2.63. The summed E-state index contributed by atoms with van der Waals surface area (Å²) < 4.78 is 0. The summed E-state index contributed by atoms with van der Waals surface area (Å²) in [6.45, 7) is 7.02. The highest BCUT2D eigenvalue weighted by molar-refractivity contribution is 5.76. The van der Waals surface area contributed by atoms with E-state index in [1.807, 2.05) is 0 Å². The largest absolute Gasteiger partial charge is 0.337 e. The van der Waals surface area contributed by atoms with Gasteiger partial charge in [0.15, 0.2) is 0 Å². The number of nitrogens with zero attached hydrogens (tertiary/aromatic N) is 1. The van der Waals surface area contributed by atoms with E-state index in [-0.39, 0.29) is 5.41 Å². The van der Waals surface area contributed by atoms with Crippen LogP contribution in [0.1, 0.15) is 70.4 Å². The van der Waals surface area contributed by atoms with Crippen molar-refractivity contribution in [1.29, 1.82) is 0 Å². The summed E-state index contributed by atoms with van der Waals surface area (Å²) in [5.74, 6) is 0.655. The third-order valence-corrected chi connectivity index (χ3v) is 6.63. The first-order valence-electron chi connectivity index (χ1n) is 10.8. The molecule has 0 saturated heterocycles. The molecule has 27 heavy (non-hydrogen) atoms. The van der Waals surface area contributed by atoms with E-state index in [4.69, 9.17) is 0 Å². The van der Waals surface area contributed by atoms with Gasteiger partial charge in [0.1, 0.15) is 0 Å². The maximum atomic E-state index is 2.63. The number of hydrogen-bond acceptors (Lipinski definition) is 1.